The van der Waals surface area contributed by atoms with Gasteiger partial charge in [0.25, 0.3) is 0 Å². The normalized spacial score (nSPS) is 12.5. The largest absolute Gasteiger partial charge is 0.207 e. The number of alkyl halides is 1. The minimum atomic E-state index is -0.258. The molecule has 0 aromatic heterocycles. The Morgan fingerprint density at radius 2 is 1.39 bits per heavy atom. The zero-order valence-corrected chi connectivity index (χ0v) is 11.8. The third-order valence-electron chi connectivity index (χ3n) is 2.97. The Balaban J connectivity index is 2.46. The zero-order chi connectivity index (χ0) is 13.3. The van der Waals surface area contributed by atoms with Crippen LogP contribution in [0.2, 0.25) is 0 Å². The maximum Gasteiger partial charge on any atom is 0.123 e. The van der Waals surface area contributed by atoms with Crippen LogP contribution in [-0.4, -0.2) is 0 Å². The SMILES string of the molecule is Cc1cc(F)cc(C)c1C(Br)c1ccc(F)cc1. The molecule has 1 atom stereocenters. The second-order valence-electron chi connectivity index (χ2n) is 4.37. The van der Waals surface area contributed by atoms with Crippen LogP contribution < -0.4 is 0 Å². The van der Waals surface area contributed by atoms with Crippen LogP contribution in [0.15, 0.2) is 36.4 Å². The van der Waals surface area contributed by atoms with Crippen LogP contribution in [0.5, 0.6) is 0 Å². The van der Waals surface area contributed by atoms with Gasteiger partial charge in [0, 0.05) is 0 Å². The number of aryl methyl sites for hydroxylation is 2. The highest BCUT2D eigenvalue weighted by Crippen LogP contribution is 2.35. The van der Waals surface area contributed by atoms with Gasteiger partial charge in [-0.15, -0.1) is 0 Å². The molecule has 0 N–H and O–H groups in total. The average Bonchev–Trinajstić information content (AvgIpc) is 2.28. The topological polar surface area (TPSA) is 0 Å². The molecule has 1 unspecified atom stereocenters. The minimum Gasteiger partial charge on any atom is -0.207 e. The molecule has 2 aromatic rings. The summed E-state index contributed by atoms with van der Waals surface area (Å²) in [5.41, 5.74) is 3.76. The summed E-state index contributed by atoms with van der Waals surface area (Å²) < 4.78 is 26.2. The second kappa shape index (κ2) is 5.19. The van der Waals surface area contributed by atoms with E-state index in [0.717, 1.165) is 22.3 Å². The van der Waals surface area contributed by atoms with Crippen molar-refractivity contribution in [3.63, 3.8) is 0 Å². The molecule has 0 fully saturated rings. The van der Waals surface area contributed by atoms with Crippen LogP contribution in [0.25, 0.3) is 0 Å². The monoisotopic (exact) mass is 310 g/mol. The Morgan fingerprint density at radius 3 is 1.89 bits per heavy atom. The highest BCUT2D eigenvalue weighted by Gasteiger charge is 2.16. The lowest BCUT2D eigenvalue weighted by atomic mass is 9.96. The van der Waals surface area contributed by atoms with Gasteiger partial charge >= 0.3 is 0 Å². The van der Waals surface area contributed by atoms with Crippen molar-refractivity contribution in [1.82, 2.24) is 0 Å². The molecule has 0 saturated carbocycles. The van der Waals surface area contributed by atoms with E-state index < -0.39 is 0 Å². The van der Waals surface area contributed by atoms with Crippen LogP contribution in [-0.2, 0) is 0 Å². The number of benzene rings is 2. The second-order valence-corrected chi connectivity index (χ2v) is 5.28. The summed E-state index contributed by atoms with van der Waals surface area (Å²) in [6.45, 7) is 3.76. The standard InChI is InChI=1S/C15H13BrF2/c1-9-7-13(18)8-10(2)14(9)15(16)11-3-5-12(17)6-4-11/h3-8,15H,1-2H3. The number of halogens is 3. The summed E-state index contributed by atoms with van der Waals surface area (Å²) in [5.74, 6) is -0.487. The van der Waals surface area contributed by atoms with Gasteiger partial charge in [-0.25, -0.2) is 8.78 Å². The van der Waals surface area contributed by atoms with Gasteiger partial charge in [0.15, 0.2) is 0 Å². The molecular weight excluding hydrogens is 298 g/mol. The molecule has 3 heteroatoms. The average molecular weight is 311 g/mol. The Kier molecular flexibility index (Phi) is 3.81. The van der Waals surface area contributed by atoms with Crippen LogP contribution in [0.3, 0.4) is 0 Å². The highest BCUT2D eigenvalue weighted by atomic mass is 79.9. The van der Waals surface area contributed by atoms with E-state index in [0.29, 0.717) is 0 Å². The molecule has 18 heavy (non-hydrogen) atoms. The first-order valence-electron chi connectivity index (χ1n) is 5.65. The van der Waals surface area contributed by atoms with Crippen molar-refractivity contribution in [1.29, 1.82) is 0 Å². The highest BCUT2D eigenvalue weighted by molar-refractivity contribution is 9.09. The van der Waals surface area contributed by atoms with Gasteiger partial charge in [-0.3, -0.25) is 0 Å². The molecule has 0 radical (unpaired) electrons. The molecule has 94 valence electrons. The van der Waals surface area contributed by atoms with Crippen molar-refractivity contribution in [2.24, 2.45) is 0 Å². The van der Waals surface area contributed by atoms with E-state index in [1.165, 1.54) is 24.3 Å². The lowest BCUT2D eigenvalue weighted by Crippen LogP contribution is -2.00. The molecule has 0 heterocycles. The molecule has 0 amide bonds. The predicted octanol–water partition coefficient (Wildman–Crippen LogP) is 5.07. The van der Waals surface area contributed by atoms with Gasteiger partial charge in [0.1, 0.15) is 11.6 Å². The first-order chi connectivity index (χ1) is 8.49. The molecule has 2 rings (SSSR count). The Labute approximate surface area is 114 Å². The lowest BCUT2D eigenvalue weighted by molar-refractivity contribution is 0.624. The van der Waals surface area contributed by atoms with Gasteiger partial charge in [-0.1, -0.05) is 28.1 Å². The molecule has 0 aliphatic carbocycles. The molecule has 0 nitrogen and oxygen atoms in total. The van der Waals surface area contributed by atoms with Crippen molar-refractivity contribution in [2.75, 3.05) is 0 Å². The summed E-state index contributed by atoms with van der Waals surface area (Å²) >= 11 is 3.60. The van der Waals surface area contributed by atoms with E-state index in [4.69, 9.17) is 0 Å². The zero-order valence-electron chi connectivity index (χ0n) is 10.2. The van der Waals surface area contributed by atoms with E-state index in [9.17, 15) is 8.78 Å². The number of hydrogen-bond donors (Lipinski definition) is 0. The van der Waals surface area contributed by atoms with Crippen molar-refractivity contribution in [3.8, 4) is 0 Å². The van der Waals surface area contributed by atoms with Crippen molar-refractivity contribution < 1.29 is 8.78 Å². The van der Waals surface area contributed by atoms with E-state index in [2.05, 4.69) is 15.9 Å². The molecule has 0 spiro atoms. The van der Waals surface area contributed by atoms with Gasteiger partial charge in [0.2, 0.25) is 0 Å². The van der Waals surface area contributed by atoms with Crippen molar-refractivity contribution >= 4 is 15.9 Å². The molecule has 2 aromatic carbocycles. The Morgan fingerprint density at radius 1 is 0.889 bits per heavy atom. The van der Waals surface area contributed by atoms with Crippen LogP contribution in [0, 0.1) is 25.5 Å². The van der Waals surface area contributed by atoms with Gasteiger partial charge in [-0.05, 0) is 60.4 Å². The van der Waals surface area contributed by atoms with E-state index >= 15 is 0 Å². The maximum absolute atomic E-state index is 13.3. The maximum atomic E-state index is 13.3. The van der Waals surface area contributed by atoms with Crippen LogP contribution >= 0.6 is 15.9 Å². The Hall–Kier alpha value is -1.22. The summed E-state index contributed by atoms with van der Waals surface area (Å²) in [7, 11) is 0. The van der Waals surface area contributed by atoms with E-state index in [-0.39, 0.29) is 16.5 Å². The van der Waals surface area contributed by atoms with Gasteiger partial charge < -0.3 is 0 Å². The number of hydrogen-bond acceptors (Lipinski definition) is 0. The smallest absolute Gasteiger partial charge is 0.123 e. The van der Waals surface area contributed by atoms with E-state index in [1.807, 2.05) is 13.8 Å². The molecule has 0 bridgehead atoms. The number of rotatable bonds is 2. The van der Waals surface area contributed by atoms with Crippen LogP contribution in [0.1, 0.15) is 27.1 Å². The summed E-state index contributed by atoms with van der Waals surface area (Å²) in [6, 6.07) is 9.35. The predicted molar refractivity (Wildman–Crippen MR) is 73.0 cm³/mol. The van der Waals surface area contributed by atoms with Gasteiger partial charge in [0.05, 0.1) is 4.83 Å². The van der Waals surface area contributed by atoms with Crippen LogP contribution in [0.4, 0.5) is 8.78 Å². The van der Waals surface area contributed by atoms with Gasteiger partial charge in [-0.2, -0.15) is 0 Å². The Bertz CT molecular complexity index is 538. The van der Waals surface area contributed by atoms with Crippen molar-refractivity contribution in [2.45, 2.75) is 18.7 Å². The first-order valence-corrected chi connectivity index (χ1v) is 6.57. The molecule has 0 aliphatic heterocycles. The van der Waals surface area contributed by atoms with Crippen molar-refractivity contribution in [3.05, 3.63) is 70.3 Å². The third kappa shape index (κ3) is 2.61. The summed E-state index contributed by atoms with van der Waals surface area (Å²) in [6.07, 6.45) is 0. The molecular formula is C15H13BrF2. The fraction of sp³-hybridized carbons (Fsp3) is 0.200. The summed E-state index contributed by atoms with van der Waals surface area (Å²) in [4.78, 5) is -0.0568. The minimum absolute atomic E-state index is 0.0568. The lowest BCUT2D eigenvalue weighted by Gasteiger charge is -2.16. The third-order valence-corrected chi connectivity index (χ3v) is 3.96. The molecule has 0 aliphatic rings. The fourth-order valence-electron chi connectivity index (χ4n) is 2.12. The van der Waals surface area contributed by atoms with E-state index in [1.54, 1.807) is 12.1 Å². The summed E-state index contributed by atoms with van der Waals surface area (Å²) in [5, 5.41) is 0. The molecule has 0 saturated heterocycles. The quantitative estimate of drug-likeness (QED) is 0.680. The first kappa shape index (κ1) is 13.2. The fourth-order valence-corrected chi connectivity index (χ4v) is 3.15.